The first-order valence-electron chi connectivity index (χ1n) is 39.5. The number of ether oxygens (including phenoxy) is 3. The Kier molecular flexibility index (Phi) is 27.6. The molecule has 15 rings (SSSR count). The van der Waals surface area contributed by atoms with E-state index in [1.165, 1.54) is 0 Å². The van der Waals surface area contributed by atoms with Gasteiger partial charge in [0.25, 0.3) is 0 Å². The standard InChI is InChI=1S/3C29H31Cl4N5O3/c3*1-27(2,29(31,32)33)41-26(39)38-12-10-37(11-13-38)25-20-8-7-19(30)15-21(20)22(14-18-6-5-9-35-24(18)25)28(3,40)23-16-34-17-36(23)4/h3*5-9,14-17,25,40H,10-13H2,1-4H3/t25-,28?;25-,28+;25-,28-/m000/s1. The molecule has 3 aromatic carbocycles. The van der Waals surface area contributed by atoms with Gasteiger partial charge in [0.05, 0.1) is 89.9 Å². The number of hydrogen-bond acceptors (Lipinski definition) is 18. The van der Waals surface area contributed by atoms with Crippen molar-refractivity contribution in [3.8, 4) is 0 Å². The Morgan fingerprint density at radius 3 is 0.813 bits per heavy atom. The molecule has 3 fully saturated rings. The van der Waals surface area contributed by atoms with Crippen LogP contribution in [0.25, 0.3) is 34.9 Å². The van der Waals surface area contributed by atoms with Crippen molar-refractivity contribution in [2.24, 2.45) is 21.1 Å². The number of rotatable bonds is 12. The van der Waals surface area contributed by atoms with E-state index < -0.39 is 63.3 Å². The van der Waals surface area contributed by atoms with E-state index in [4.69, 9.17) is 168 Å². The lowest BCUT2D eigenvalue weighted by molar-refractivity contribution is 0.00341. The summed E-state index contributed by atoms with van der Waals surface area (Å²) in [5, 5.41) is 37.7. The molecule has 1 unspecified atom stereocenters. The number of fused-ring (bicyclic) bond motifs is 6. The summed E-state index contributed by atoms with van der Waals surface area (Å²) < 4.78 is 16.8. The maximum atomic E-state index is 13.0. The number of benzene rings is 3. The van der Waals surface area contributed by atoms with Crippen LogP contribution in [0.1, 0.15) is 165 Å². The van der Waals surface area contributed by atoms with Gasteiger partial charge in [-0.05, 0) is 202 Å². The highest BCUT2D eigenvalue weighted by molar-refractivity contribution is 6.69. The van der Waals surface area contributed by atoms with Crippen LogP contribution in [0.2, 0.25) is 15.1 Å². The van der Waals surface area contributed by atoms with E-state index in [0.29, 0.717) is 127 Å². The van der Waals surface area contributed by atoms with Gasteiger partial charge in [-0.2, -0.15) is 0 Å². The van der Waals surface area contributed by atoms with Gasteiger partial charge in [0, 0.05) is 133 Å². The van der Waals surface area contributed by atoms with E-state index in [2.05, 4.69) is 29.7 Å². The number of halogens is 12. The molecule has 6 atom stereocenters. The zero-order chi connectivity index (χ0) is 89.2. The highest BCUT2D eigenvalue weighted by Crippen LogP contribution is 2.52. The first kappa shape index (κ1) is 93.6. The van der Waals surface area contributed by atoms with Crippen LogP contribution < -0.4 is 0 Å². The van der Waals surface area contributed by atoms with E-state index >= 15 is 0 Å². The summed E-state index contributed by atoms with van der Waals surface area (Å²) in [6.45, 7) is 20.4. The highest BCUT2D eigenvalue weighted by Gasteiger charge is 2.50. The second-order valence-electron chi connectivity index (χ2n) is 33.1. The van der Waals surface area contributed by atoms with Gasteiger partial charge in [0.2, 0.25) is 11.4 Å². The topological polar surface area (TPSA) is 251 Å². The van der Waals surface area contributed by atoms with Crippen LogP contribution in [-0.4, -0.2) is 213 Å². The Morgan fingerprint density at radius 2 is 0.602 bits per heavy atom. The SMILES string of the molecule is Cn1cncc1C(C)(O)C1=Cc2cccnc2[C@@H](N2CCN(C(=O)OC(C)(C)C(Cl)(Cl)Cl)CC2)c2ccc(Cl)cc21.Cn1cncc1[C@@](C)(O)C1=Cc2cccnc2[C@@H](N2CCN(C(=O)OC(C)(C)C(Cl)(Cl)Cl)CC2)c2ccc(Cl)cc21.Cn1cncc1[C@](C)(O)C1=Cc2cccnc2[C@@H](N2CCN(C(=O)OC(C)(C)C(Cl)(Cl)Cl)CC2)c2ccc(Cl)cc21. The number of nitrogens with zero attached hydrogens (tertiary/aromatic N) is 15. The van der Waals surface area contributed by atoms with Crippen LogP contribution >= 0.6 is 139 Å². The fourth-order valence-electron chi connectivity index (χ4n) is 16.2. The number of imidazole rings is 3. The Balaban J connectivity index is 0.000000159. The summed E-state index contributed by atoms with van der Waals surface area (Å²) in [6.07, 6.45) is 19.6. The minimum Gasteiger partial charge on any atom is -0.439 e. The number of aliphatic hydroxyl groups is 3. The molecule has 0 saturated carbocycles. The molecule has 6 aromatic heterocycles. The molecule has 0 bridgehead atoms. The first-order valence-corrected chi connectivity index (χ1v) is 44.0. The first-order chi connectivity index (χ1) is 57.6. The van der Waals surface area contributed by atoms with Gasteiger partial charge in [-0.1, -0.05) is 176 Å². The predicted molar refractivity (Wildman–Crippen MR) is 487 cm³/mol. The number of aromatic nitrogens is 9. The summed E-state index contributed by atoms with van der Waals surface area (Å²) in [7, 11) is 5.55. The summed E-state index contributed by atoms with van der Waals surface area (Å²) in [4.78, 5) is 77.7. The van der Waals surface area contributed by atoms with Crippen LogP contribution in [-0.2, 0) is 52.2 Å². The molecule has 3 amide bonds. The number of alkyl halides is 9. The normalized spacial score (nSPS) is 19.5. The number of carbonyl (C=O) groups excluding carboxylic acids is 3. The molecule has 36 heteroatoms. The van der Waals surface area contributed by atoms with Gasteiger partial charge >= 0.3 is 18.3 Å². The zero-order valence-corrected chi connectivity index (χ0v) is 78.4. The van der Waals surface area contributed by atoms with E-state index in [1.54, 1.807) is 147 Å². The number of carbonyl (C=O) groups is 3. The van der Waals surface area contributed by atoms with Gasteiger partial charge in [0.15, 0.2) is 16.8 Å². The van der Waals surface area contributed by atoms with Crippen molar-refractivity contribution in [3.63, 3.8) is 0 Å². The monoisotopic (exact) mass is 1910 g/mol. The predicted octanol–water partition coefficient (Wildman–Crippen LogP) is 18.7. The van der Waals surface area contributed by atoms with Crippen LogP contribution in [0.4, 0.5) is 14.4 Å². The third-order valence-corrected chi connectivity index (χ3v) is 28.3. The van der Waals surface area contributed by atoms with Crippen molar-refractivity contribution < 1.29 is 43.9 Å². The molecule has 6 aliphatic rings. The van der Waals surface area contributed by atoms with E-state index in [9.17, 15) is 29.7 Å². The van der Waals surface area contributed by atoms with Crippen molar-refractivity contribution >= 4 is 192 Å². The van der Waals surface area contributed by atoms with Gasteiger partial charge < -0.3 is 57.9 Å². The van der Waals surface area contributed by atoms with E-state index in [0.717, 1.165) is 67.2 Å². The van der Waals surface area contributed by atoms with Crippen LogP contribution in [0.3, 0.4) is 0 Å². The molecular formula is C87H93Cl12N15O9. The minimum atomic E-state index is -1.77. The Labute approximate surface area is 774 Å². The Hall–Kier alpha value is -6.99. The van der Waals surface area contributed by atoms with E-state index in [1.807, 2.05) is 130 Å². The largest absolute Gasteiger partial charge is 0.439 e. The van der Waals surface area contributed by atoms with Crippen molar-refractivity contribution in [2.45, 2.75) is 125 Å². The lowest BCUT2D eigenvalue weighted by atomic mass is 9.84. The molecule has 654 valence electrons. The average molecular weight is 1920 g/mol. The van der Waals surface area contributed by atoms with Crippen LogP contribution in [0.15, 0.2) is 147 Å². The highest BCUT2D eigenvalue weighted by atomic mass is 35.6. The minimum absolute atomic E-state index is 0.259. The second kappa shape index (κ2) is 36.3. The quantitative estimate of drug-likeness (QED) is 0.0759. The fourth-order valence-corrected chi connectivity index (χ4v) is 17.1. The number of amides is 3. The molecule has 0 spiro atoms. The number of piperazine rings is 3. The zero-order valence-electron chi connectivity index (χ0n) is 69.3. The number of hydrogen-bond donors (Lipinski definition) is 3. The summed E-state index contributed by atoms with van der Waals surface area (Å²) in [5.74, 6) is 0. The molecular weight excluding hydrogens is 1820 g/mol. The maximum absolute atomic E-state index is 13.0. The molecule has 3 saturated heterocycles. The fraction of sp³-hybridized carbons (Fsp3) is 0.414. The van der Waals surface area contributed by atoms with Crippen molar-refractivity contribution in [2.75, 3.05) is 78.5 Å². The Morgan fingerprint density at radius 1 is 0.366 bits per heavy atom. The Bertz CT molecular complexity index is 5000. The van der Waals surface area contributed by atoms with Crippen molar-refractivity contribution in [1.82, 2.24) is 73.0 Å². The van der Waals surface area contributed by atoms with E-state index in [-0.39, 0.29) is 18.1 Å². The second-order valence-corrected chi connectivity index (χ2v) is 41.2. The maximum Gasteiger partial charge on any atom is 0.410 e. The molecule has 9 heterocycles. The third kappa shape index (κ3) is 19.4. The lowest BCUT2D eigenvalue weighted by Crippen LogP contribution is -2.52. The van der Waals surface area contributed by atoms with Gasteiger partial charge in [-0.3, -0.25) is 29.7 Å². The van der Waals surface area contributed by atoms with Crippen LogP contribution in [0, 0.1) is 0 Å². The number of pyridine rings is 3. The summed E-state index contributed by atoms with van der Waals surface area (Å²) in [6, 6.07) is 28.0. The molecule has 24 nitrogen and oxygen atoms in total. The average Bonchev–Trinajstić information content (AvgIpc) is 1.62. The van der Waals surface area contributed by atoms with Gasteiger partial charge in [0.1, 0.15) is 16.8 Å². The van der Waals surface area contributed by atoms with Gasteiger partial charge in [-0.25, -0.2) is 29.3 Å². The molecule has 0 radical (unpaired) electrons. The summed E-state index contributed by atoms with van der Waals surface area (Å²) in [5.41, 5.74) is 6.42. The van der Waals surface area contributed by atoms with Crippen molar-refractivity contribution in [1.29, 1.82) is 0 Å². The molecule has 123 heavy (non-hydrogen) atoms. The number of aryl methyl sites for hydroxylation is 3. The molecule has 3 N–H and O–H groups in total. The summed E-state index contributed by atoms with van der Waals surface area (Å²) >= 11 is 73.8. The molecule has 3 aliphatic carbocycles. The van der Waals surface area contributed by atoms with Gasteiger partial charge in [-0.15, -0.1) is 0 Å². The van der Waals surface area contributed by atoms with Crippen LogP contribution in [0.5, 0.6) is 0 Å². The molecule has 3 aliphatic heterocycles. The third-order valence-electron chi connectivity index (χ3n) is 23.5. The smallest absolute Gasteiger partial charge is 0.410 e. The van der Waals surface area contributed by atoms with Crippen molar-refractivity contribution in [3.05, 3.63) is 246 Å². The lowest BCUT2D eigenvalue weighted by Gasteiger charge is -2.41. The molecule has 9 aromatic rings.